The average Bonchev–Trinajstić information content (AvgIpc) is 3.19. The molecule has 1 aromatic rings. The van der Waals surface area contributed by atoms with Gasteiger partial charge in [-0.05, 0) is 79.6 Å². The summed E-state index contributed by atoms with van der Waals surface area (Å²) in [6.45, 7) is 13.6. The van der Waals surface area contributed by atoms with Crippen LogP contribution in [0.1, 0.15) is 116 Å². The van der Waals surface area contributed by atoms with Crippen molar-refractivity contribution in [2.45, 2.75) is 112 Å². The predicted octanol–water partition coefficient (Wildman–Crippen LogP) is 8.40. The molecule has 3 rings (SSSR count). The van der Waals surface area contributed by atoms with Gasteiger partial charge in [-0.1, -0.05) is 90.3 Å². The van der Waals surface area contributed by atoms with Gasteiger partial charge in [-0.15, -0.1) is 0 Å². The molecule has 4 heteroatoms. The Morgan fingerprint density at radius 2 is 1.72 bits per heavy atom. The van der Waals surface area contributed by atoms with Gasteiger partial charge >= 0.3 is 0 Å². The standard InChI is InChI=1S/C32H46N2O2.C3H8/c1-23(2)28-17-15-26(16-18-28)19-30(35)20-31(25(4)21-33-29-9-7-5-6-8-10-29)32(36)34-22-27-13-11-24(3)12-14-27;1-3-2/h5,7,9,15-18,21,23-24,27,31,33H,6,8,10-14,19-20,22H2,1-4H3,(H,34,36);3H2,1-2H3/b25-21+;. The van der Waals surface area contributed by atoms with Crippen LogP contribution in [0, 0.1) is 17.8 Å². The second kappa shape index (κ2) is 17.9. The maximum Gasteiger partial charge on any atom is 0.227 e. The molecule has 1 atom stereocenters. The minimum atomic E-state index is -0.454. The first kappa shape index (κ1) is 32.6. The van der Waals surface area contributed by atoms with Crippen molar-refractivity contribution in [3.8, 4) is 0 Å². The molecule has 1 amide bonds. The molecule has 2 aliphatic carbocycles. The highest BCUT2D eigenvalue weighted by molar-refractivity contribution is 5.89. The van der Waals surface area contributed by atoms with E-state index < -0.39 is 5.92 Å². The zero-order valence-electron chi connectivity index (χ0n) is 25.5. The first-order valence-corrected chi connectivity index (χ1v) is 15.4. The maximum absolute atomic E-state index is 13.3. The summed E-state index contributed by atoms with van der Waals surface area (Å²) < 4.78 is 0. The molecule has 216 valence electrons. The van der Waals surface area contributed by atoms with Crippen LogP contribution < -0.4 is 10.6 Å². The van der Waals surface area contributed by atoms with E-state index in [4.69, 9.17) is 0 Å². The van der Waals surface area contributed by atoms with Crippen LogP contribution >= 0.6 is 0 Å². The van der Waals surface area contributed by atoms with E-state index in [2.05, 4.69) is 75.6 Å². The summed E-state index contributed by atoms with van der Waals surface area (Å²) in [5, 5.41) is 6.60. The van der Waals surface area contributed by atoms with Gasteiger partial charge in [0, 0.05) is 31.3 Å². The molecule has 1 aromatic carbocycles. The summed E-state index contributed by atoms with van der Waals surface area (Å²) in [6.07, 6.45) is 18.1. The molecule has 0 bridgehead atoms. The fraction of sp³-hybridized carbons (Fsp3) is 0.600. The summed E-state index contributed by atoms with van der Waals surface area (Å²) in [4.78, 5) is 26.4. The molecule has 0 aliphatic heterocycles. The maximum atomic E-state index is 13.3. The number of carbonyl (C=O) groups excluding carboxylic acids is 2. The molecule has 0 radical (unpaired) electrons. The summed E-state index contributed by atoms with van der Waals surface area (Å²) in [7, 11) is 0. The van der Waals surface area contributed by atoms with Crippen molar-refractivity contribution in [3.63, 3.8) is 0 Å². The van der Waals surface area contributed by atoms with E-state index in [-0.39, 0.29) is 18.1 Å². The van der Waals surface area contributed by atoms with Crippen LogP contribution in [0.5, 0.6) is 0 Å². The van der Waals surface area contributed by atoms with Crippen molar-refractivity contribution in [1.29, 1.82) is 0 Å². The minimum absolute atomic E-state index is 0.0255. The van der Waals surface area contributed by atoms with Crippen LogP contribution in [0.4, 0.5) is 0 Å². The number of hydrogen-bond acceptors (Lipinski definition) is 3. The molecule has 4 nitrogen and oxygen atoms in total. The average molecular weight is 535 g/mol. The molecule has 2 N–H and O–H groups in total. The van der Waals surface area contributed by atoms with Gasteiger partial charge in [-0.3, -0.25) is 9.59 Å². The Balaban J connectivity index is 0.00000170. The van der Waals surface area contributed by atoms with E-state index in [1.54, 1.807) is 0 Å². The third-order valence-electron chi connectivity index (χ3n) is 7.78. The molecular weight excluding hydrogens is 480 g/mol. The van der Waals surface area contributed by atoms with Crippen molar-refractivity contribution >= 4 is 11.7 Å². The Morgan fingerprint density at radius 3 is 2.36 bits per heavy atom. The van der Waals surface area contributed by atoms with Crippen molar-refractivity contribution in [1.82, 2.24) is 10.6 Å². The van der Waals surface area contributed by atoms with Gasteiger partial charge in [0.1, 0.15) is 5.78 Å². The SMILES string of the molecule is C/C(=C\NC1=CC=CCCC1)C(CC(=O)Cc1ccc(C(C)C)cc1)C(=O)NCC1CCC(C)CC1.CCC. The molecule has 0 saturated heterocycles. The summed E-state index contributed by atoms with van der Waals surface area (Å²) in [5.41, 5.74) is 4.33. The van der Waals surface area contributed by atoms with Gasteiger partial charge in [0.25, 0.3) is 0 Å². The summed E-state index contributed by atoms with van der Waals surface area (Å²) in [5.74, 6) is 1.43. The minimum Gasteiger partial charge on any atom is -0.365 e. The first-order valence-electron chi connectivity index (χ1n) is 15.4. The molecule has 39 heavy (non-hydrogen) atoms. The van der Waals surface area contributed by atoms with Crippen molar-refractivity contribution in [2.75, 3.05) is 6.54 Å². The molecule has 0 aromatic heterocycles. The monoisotopic (exact) mass is 534 g/mol. The van der Waals surface area contributed by atoms with Gasteiger partial charge in [0.05, 0.1) is 5.92 Å². The lowest BCUT2D eigenvalue weighted by molar-refractivity contribution is -0.128. The van der Waals surface area contributed by atoms with Crippen LogP contribution in [-0.4, -0.2) is 18.2 Å². The zero-order chi connectivity index (χ0) is 28.6. The number of ketones is 1. The summed E-state index contributed by atoms with van der Waals surface area (Å²) in [6, 6.07) is 8.30. The Bertz CT molecular complexity index is 963. The molecule has 1 unspecified atom stereocenters. The number of allylic oxidation sites excluding steroid dienone is 4. The lowest BCUT2D eigenvalue weighted by Crippen LogP contribution is -2.37. The van der Waals surface area contributed by atoms with E-state index in [0.29, 0.717) is 24.8 Å². The number of Topliss-reactive ketones (excluding diaryl/α,β-unsaturated/α-hetero) is 1. The second-order valence-corrected chi connectivity index (χ2v) is 12.0. The first-order chi connectivity index (χ1) is 18.7. The lowest BCUT2D eigenvalue weighted by Gasteiger charge is -2.27. The largest absolute Gasteiger partial charge is 0.365 e. The normalized spacial score (nSPS) is 20.3. The molecule has 1 fully saturated rings. The number of nitrogens with one attached hydrogen (secondary N) is 2. The molecular formula is C35H54N2O2. The van der Waals surface area contributed by atoms with Crippen LogP contribution in [-0.2, 0) is 16.0 Å². The summed E-state index contributed by atoms with van der Waals surface area (Å²) >= 11 is 0. The topological polar surface area (TPSA) is 58.2 Å². The number of rotatable bonds is 11. The quantitative estimate of drug-likeness (QED) is 0.300. The highest BCUT2D eigenvalue weighted by Crippen LogP contribution is 2.28. The molecule has 0 spiro atoms. The second-order valence-electron chi connectivity index (χ2n) is 12.0. The zero-order valence-corrected chi connectivity index (χ0v) is 25.5. The molecule has 1 saturated carbocycles. The van der Waals surface area contributed by atoms with Crippen LogP contribution in [0.3, 0.4) is 0 Å². The lowest BCUT2D eigenvalue weighted by atomic mass is 9.83. The van der Waals surface area contributed by atoms with Gasteiger partial charge < -0.3 is 10.6 Å². The number of benzene rings is 1. The highest BCUT2D eigenvalue weighted by atomic mass is 16.2. The molecule has 2 aliphatic rings. The smallest absolute Gasteiger partial charge is 0.227 e. The van der Waals surface area contributed by atoms with Gasteiger partial charge in [-0.25, -0.2) is 0 Å². The Kier molecular flexibility index (Phi) is 14.9. The van der Waals surface area contributed by atoms with Gasteiger partial charge in [0.2, 0.25) is 5.91 Å². The van der Waals surface area contributed by atoms with Crippen LogP contribution in [0.15, 0.2) is 60.0 Å². The Hall–Kier alpha value is -2.62. The third kappa shape index (κ3) is 12.4. The van der Waals surface area contributed by atoms with Crippen molar-refractivity contribution in [2.24, 2.45) is 17.8 Å². The van der Waals surface area contributed by atoms with E-state index in [0.717, 1.165) is 42.0 Å². The van der Waals surface area contributed by atoms with E-state index in [1.807, 2.05) is 25.3 Å². The Morgan fingerprint density at radius 1 is 1.05 bits per heavy atom. The van der Waals surface area contributed by atoms with Crippen molar-refractivity contribution in [3.05, 3.63) is 71.1 Å². The van der Waals surface area contributed by atoms with E-state index in [1.165, 1.54) is 37.7 Å². The predicted molar refractivity (Wildman–Crippen MR) is 165 cm³/mol. The number of hydrogen-bond donors (Lipinski definition) is 2. The van der Waals surface area contributed by atoms with E-state index in [9.17, 15) is 9.59 Å². The van der Waals surface area contributed by atoms with Crippen LogP contribution in [0.2, 0.25) is 0 Å². The van der Waals surface area contributed by atoms with Gasteiger partial charge in [-0.2, -0.15) is 0 Å². The number of amides is 1. The fourth-order valence-electron chi connectivity index (χ4n) is 5.11. The van der Waals surface area contributed by atoms with E-state index >= 15 is 0 Å². The highest BCUT2D eigenvalue weighted by Gasteiger charge is 2.25. The fourth-order valence-corrected chi connectivity index (χ4v) is 5.11. The molecule has 0 heterocycles. The van der Waals surface area contributed by atoms with Crippen LogP contribution in [0.25, 0.3) is 0 Å². The van der Waals surface area contributed by atoms with Gasteiger partial charge in [0.15, 0.2) is 0 Å². The third-order valence-corrected chi connectivity index (χ3v) is 7.78. The van der Waals surface area contributed by atoms with Crippen molar-refractivity contribution < 1.29 is 9.59 Å². The number of carbonyl (C=O) groups is 2. The Labute approximate surface area is 238 Å².